The van der Waals surface area contributed by atoms with Crippen LogP contribution in [0.2, 0.25) is 0 Å². The number of rotatable bonds is 11. The number of aliphatic hydroxyl groups is 2. The summed E-state index contributed by atoms with van der Waals surface area (Å²) in [6, 6.07) is 0. The second-order valence-corrected chi connectivity index (χ2v) is 4.87. The van der Waals surface area contributed by atoms with Gasteiger partial charge in [0, 0.05) is 13.2 Å². The van der Waals surface area contributed by atoms with Crippen molar-refractivity contribution in [2.75, 3.05) is 33.0 Å². The maximum absolute atomic E-state index is 8.92. The predicted molar refractivity (Wildman–Crippen MR) is 81.0 cm³/mol. The lowest BCUT2D eigenvalue weighted by molar-refractivity contribution is -0.0620. The Kier molecular flexibility index (Phi) is 18.6. The highest BCUT2D eigenvalue weighted by molar-refractivity contribution is 4.52. The van der Waals surface area contributed by atoms with E-state index in [0.717, 1.165) is 13.2 Å². The summed E-state index contributed by atoms with van der Waals surface area (Å²) in [5.41, 5.74) is 0. The third-order valence-electron chi connectivity index (χ3n) is 2.34. The summed E-state index contributed by atoms with van der Waals surface area (Å²) in [7, 11) is 0. The van der Waals surface area contributed by atoms with E-state index in [9.17, 15) is 0 Å². The minimum Gasteiger partial charge on any atom is -0.394 e. The Bertz CT molecular complexity index is 172. The smallest absolute Gasteiger partial charge is 0.0781 e. The van der Waals surface area contributed by atoms with Gasteiger partial charge in [-0.2, -0.15) is 0 Å². The molecule has 0 bridgehead atoms. The maximum Gasteiger partial charge on any atom is 0.0781 e. The van der Waals surface area contributed by atoms with Gasteiger partial charge in [-0.15, -0.1) is 0 Å². The lowest BCUT2D eigenvalue weighted by Gasteiger charge is -2.16. The van der Waals surface area contributed by atoms with Crippen molar-refractivity contribution in [1.29, 1.82) is 0 Å². The molecule has 0 fully saturated rings. The van der Waals surface area contributed by atoms with Crippen LogP contribution in [0, 0.1) is 0 Å². The molecular formula is C15H34O5. The Morgan fingerprint density at radius 1 is 0.950 bits per heavy atom. The van der Waals surface area contributed by atoms with Crippen LogP contribution in [0.4, 0.5) is 0 Å². The zero-order chi connectivity index (χ0) is 15.8. The molecule has 3 unspecified atom stereocenters. The molecule has 0 aliphatic carbocycles. The normalized spacial score (nSPS) is 15.2. The zero-order valence-corrected chi connectivity index (χ0v) is 13.8. The van der Waals surface area contributed by atoms with E-state index in [1.807, 2.05) is 13.8 Å². The topological polar surface area (TPSA) is 68.2 Å². The summed E-state index contributed by atoms with van der Waals surface area (Å²) in [5, 5.41) is 17.6. The van der Waals surface area contributed by atoms with Crippen molar-refractivity contribution in [3.05, 3.63) is 0 Å². The van der Waals surface area contributed by atoms with Gasteiger partial charge in [0.2, 0.25) is 0 Å². The fourth-order valence-corrected chi connectivity index (χ4v) is 1.09. The first-order chi connectivity index (χ1) is 9.47. The highest BCUT2D eigenvalue weighted by atomic mass is 16.5. The van der Waals surface area contributed by atoms with Gasteiger partial charge >= 0.3 is 0 Å². The van der Waals surface area contributed by atoms with Crippen LogP contribution in [0.15, 0.2) is 0 Å². The molecule has 5 nitrogen and oxygen atoms in total. The van der Waals surface area contributed by atoms with Gasteiger partial charge in [-0.05, 0) is 34.1 Å². The number of unbranched alkanes of at least 4 members (excludes halogenated alkanes) is 1. The quantitative estimate of drug-likeness (QED) is 0.570. The second kappa shape index (κ2) is 16.9. The Morgan fingerprint density at radius 3 is 2.00 bits per heavy atom. The van der Waals surface area contributed by atoms with Crippen molar-refractivity contribution in [2.45, 2.75) is 65.8 Å². The molecule has 5 heteroatoms. The average Bonchev–Trinajstić information content (AvgIpc) is 2.43. The summed E-state index contributed by atoms with van der Waals surface area (Å²) < 4.78 is 15.5. The molecular weight excluding hydrogens is 260 g/mol. The van der Waals surface area contributed by atoms with Crippen LogP contribution in [0.25, 0.3) is 0 Å². The molecule has 2 N–H and O–H groups in total. The van der Waals surface area contributed by atoms with Gasteiger partial charge in [-0.1, -0.05) is 13.3 Å². The fourth-order valence-electron chi connectivity index (χ4n) is 1.09. The van der Waals surface area contributed by atoms with Crippen LogP contribution in [0.3, 0.4) is 0 Å². The third kappa shape index (κ3) is 20.1. The lowest BCUT2D eigenvalue weighted by Crippen LogP contribution is -2.24. The van der Waals surface area contributed by atoms with Crippen LogP contribution in [-0.2, 0) is 14.2 Å². The van der Waals surface area contributed by atoms with Crippen molar-refractivity contribution in [2.24, 2.45) is 0 Å². The maximum atomic E-state index is 8.92. The molecule has 0 heterocycles. The van der Waals surface area contributed by atoms with Crippen molar-refractivity contribution in [3.8, 4) is 0 Å². The van der Waals surface area contributed by atoms with Gasteiger partial charge in [0.25, 0.3) is 0 Å². The van der Waals surface area contributed by atoms with E-state index in [4.69, 9.17) is 24.4 Å². The summed E-state index contributed by atoms with van der Waals surface area (Å²) in [6.07, 6.45) is 1.78. The molecule has 124 valence electrons. The molecule has 0 aromatic carbocycles. The van der Waals surface area contributed by atoms with Gasteiger partial charge in [-0.3, -0.25) is 0 Å². The molecule has 0 rings (SSSR count). The first-order valence-electron chi connectivity index (χ1n) is 7.57. The molecule has 0 radical (unpaired) electrons. The number of hydrogen-bond donors (Lipinski definition) is 2. The van der Waals surface area contributed by atoms with E-state index in [2.05, 4.69) is 6.92 Å². The molecule has 0 saturated carbocycles. The molecule has 0 aromatic heterocycles. The number of aliphatic hydroxyl groups excluding tert-OH is 2. The molecule has 0 aromatic rings. The summed E-state index contributed by atoms with van der Waals surface area (Å²) >= 11 is 0. The van der Waals surface area contributed by atoms with Gasteiger partial charge in [0.15, 0.2) is 0 Å². The van der Waals surface area contributed by atoms with Crippen LogP contribution in [0.5, 0.6) is 0 Å². The van der Waals surface area contributed by atoms with Crippen molar-refractivity contribution in [1.82, 2.24) is 0 Å². The first-order valence-corrected chi connectivity index (χ1v) is 7.57. The Morgan fingerprint density at radius 2 is 1.55 bits per heavy atom. The molecule has 3 atom stereocenters. The first kappa shape index (κ1) is 22.1. The highest BCUT2D eigenvalue weighted by Crippen LogP contribution is 1.97. The lowest BCUT2D eigenvalue weighted by atomic mass is 10.4. The van der Waals surface area contributed by atoms with E-state index < -0.39 is 6.10 Å². The number of ether oxygens (including phenoxy) is 3. The predicted octanol–water partition coefficient (Wildman–Crippen LogP) is 1.99. The molecule has 0 saturated heterocycles. The Labute approximate surface area is 124 Å². The summed E-state index contributed by atoms with van der Waals surface area (Å²) in [5.74, 6) is 0. The van der Waals surface area contributed by atoms with Gasteiger partial charge in [0.05, 0.1) is 38.1 Å². The molecule has 0 amide bonds. The van der Waals surface area contributed by atoms with Gasteiger partial charge in [0.1, 0.15) is 0 Å². The van der Waals surface area contributed by atoms with Crippen LogP contribution >= 0.6 is 0 Å². The van der Waals surface area contributed by atoms with E-state index in [1.54, 1.807) is 13.8 Å². The van der Waals surface area contributed by atoms with Crippen molar-refractivity contribution in [3.63, 3.8) is 0 Å². The van der Waals surface area contributed by atoms with Gasteiger partial charge < -0.3 is 24.4 Å². The van der Waals surface area contributed by atoms with Crippen molar-refractivity contribution >= 4 is 0 Å². The van der Waals surface area contributed by atoms with E-state index >= 15 is 0 Å². The van der Waals surface area contributed by atoms with E-state index in [1.165, 1.54) is 12.8 Å². The summed E-state index contributed by atoms with van der Waals surface area (Å²) in [6.45, 7) is 12.1. The third-order valence-corrected chi connectivity index (χ3v) is 2.34. The largest absolute Gasteiger partial charge is 0.394 e. The molecule has 0 spiro atoms. The van der Waals surface area contributed by atoms with Crippen LogP contribution in [0.1, 0.15) is 47.5 Å². The van der Waals surface area contributed by atoms with Crippen molar-refractivity contribution < 1.29 is 24.4 Å². The highest BCUT2D eigenvalue weighted by Gasteiger charge is 2.06. The molecule has 20 heavy (non-hydrogen) atoms. The Balaban J connectivity index is 0. The molecule has 0 aliphatic heterocycles. The number of hydrogen-bond acceptors (Lipinski definition) is 5. The standard InChI is InChI=1S/C9H20O4.C6H14O/c1-7(11)5-12-9(3)6-13-8(2)4-10;1-3-5-6-7-4-2/h7-11H,4-6H2,1-3H3;3-6H2,1-2H3. The van der Waals surface area contributed by atoms with E-state index in [0.29, 0.717) is 13.2 Å². The van der Waals surface area contributed by atoms with Gasteiger partial charge in [-0.25, -0.2) is 0 Å². The minimum atomic E-state index is -0.447. The fraction of sp³-hybridized carbons (Fsp3) is 1.00. The second-order valence-electron chi connectivity index (χ2n) is 4.87. The summed E-state index contributed by atoms with van der Waals surface area (Å²) in [4.78, 5) is 0. The van der Waals surface area contributed by atoms with E-state index in [-0.39, 0.29) is 18.8 Å². The monoisotopic (exact) mass is 294 g/mol. The van der Waals surface area contributed by atoms with Crippen LogP contribution < -0.4 is 0 Å². The minimum absolute atomic E-state index is 0.0170. The molecule has 0 aliphatic rings. The SMILES string of the molecule is CC(O)COC(C)COC(C)CO.CCCCOCC. The van der Waals surface area contributed by atoms with Crippen LogP contribution in [-0.4, -0.2) is 61.6 Å². The Hall–Kier alpha value is -0.200. The zero-order valence-electron chi connectivity index (χ0n) is 13.8. The average molecular weight is 294 g/mol.